The molecule has 0 amide bonds. The van der Waals surface area contributed by atoms with Gasteiger partial charge in [-0.15, -0.1) is 11.6 Å². The van der Waals surface area contributed by atoms with E-state index in [9.17, 15) is 0 Å². The zero-order valence-corrected chi connectivity index (χ0v) is 8.19. The molecule has 2 fully saturated rings. The molecule has 0 aliphatic heterocycles. The lowest BCUT2D eigenvalue weighted by atomic mass is 9.69. The maximum atomic E-state index is 5.99. The standard InChI is InChI=1S/C10H17Cl/c1-10(2)8-4-3-7(5-8)9(10)6-11/h7-9H,3-6H2,1-2H3. The first kappa shape index (κ1) is 7.91. The molecular formula is C10H17Cl. The van der Waals surface area contributed by atoms with Gasteiger partial charge in [-0.1, -0.05) is 13.8 Å². The Bertz CT molecular complexity index is 162. The molecule has 2 aliphatic rings. The van der Waals surface area contributed by atoms with Crippen LogP contribution in [0.3, 0.4) is 0 Å². The number of hydrogen-bond donors (Lipinski definition) is 0. The van der Waals surface area contributed by atoms with E-state index in [4.69, 9.17) is 11.6 Å². The third-order valence-corrected chi connectivity index (χ3v) is 4.55. The van der Waals surface area contributed by atoms with Crippen LogP contribution in [0.2, 0.25) is 0 Å². The summed E-state index contributed by atoms with van der Waals surface area (Å²) in [6.45, 7) is 4.81. The van der Waals surface area contributed by atoms with Crippen LogP contribution >= 0.6 is 11.6 Å². The fraction of sp³-hybridized carbons (Fsp3) is 1.00. The Hall–Kier alpha value is 0.290. The number of rotatable bonds is 1. The van der Waals surface area contributed by atoms with Gasteiger partial charge in [-0.05, 0) is 42.4 Å². The van der Waals surface area contributed by atoms with Crippen LogP contribution in [0, 0.1) is 23.2 Å². The van der Waals surface area contributed by atoms with E-state index in [2.05, 4.69) is 13.8 Å². The van der Waals surface area contributed by atoms with E-state index in [-0.39, 0.29) is 0 Å². The van der Waals surface area contributed by atoms with Crippen molar-refractivity contribution in [2.45, 2.75) is 33.1 Å². The number of fused-ring (bicyclic) bond motifs is 2. The van der Waals surface area contributed by atoms with E-state index in [1.165, 1.54) is 19.3 Å². The van der Waals surface area contributed by atoms with E-state index in [1.807, 2.05) is 0 Å². The van der Waals surface area contributed by atoms with E-state index in [0.29, 0.717) is 5.41 Å². The Balaban J connectivity index is 2.21. The van der Waals surface area contributed by atoms with Crippen molar-refractivity contribution >= 4 is 11.6 Å². The van der Waals surface area contributed by atoms with Gasteiger partial charge in [0.05, 0.1) is 0 Å². The quantitative estimate of drug-likeness (QED) is 0.533. The summed E-state index contributed by atoms with van der Waals surface area (Å²) in [7, 11) is 0. The molecule has 0 spiro atoms. The second kappa shape index (κ2) is 2.39. The van der Waals surface area contributed by atoms with Gasteiger partial charge in [0.25, 0.3) is 0 Å². The highest BCUT2D eigenvalue weighted by Crippen LogP contribution is 2.59. The number of hydrogen-bond acceptors (Lipinski definition) is 0. The lowest BCUT2D eigenvalue weighted by molar-refractivity contribution is 0.140. The van der Waals surface area contributed by atoms with Crippen molar-refractivity contribution in [3.8, 4) is 0 Å². The van der Waals surface area contributed by atoms with Crippen LogP contribution in [-0.4, -0.2) is 5.88 Å². The van der Waals surface area contributed by atoms with Crippen LogP contribution in [0.5, 0.6) is 0 Å². The molecule has 2 aliphatic carbocycles. The molecule has 0 heterocycles. The van der Waals surface area contributed by atoms with Crippen LogP contribution in [0.1, 0.15) is 33.1 Å². The molecule has 0 nitrogen and oxygen atoms in total. The van der Waals surface area contributed by atoms with Crippen molar-refractivity contribution in [3.63, 3.8) is 0 Å². The van der Waals surface area contributed by atoms with Crippen molar-refractivity contribution in [2.24, 2.45) is 23.2 Å². The highest BCUT2D eigenvalue weighted by atomic mass is 35.5. The van der Waals surface area contributed by atoms with Gasteiger partial charge in [0.2, 0.25) is 0 Å². The lowest BCUT2D eigenvalue weighted by Crippen LogP contribution is -2.31. The molecular weight excluding hydrogens is 156 g/mol. The minimum absolute atomic E-state index is 0.546. The molecule has 0 saturated heterocycles. The predicted molar refractivity (Wildman–Crippen MR) is 48.8 cm³/mol. The van der Waals surface area contributed by atoms with Crippen molar-refractivity contribution < 1.29 is 0 Å². The van der Waals surface area contributed by atoms with Crippen molar-refractivity contribution in [1.82, 2.24) is 0 Å². The van der Waals surface area contributed by atoms with Crippen LogP contribution in [-0.2, 0) is 0 Å². The summed E-state index contributed by atoms with van der Waals surface area (Å²) in [5.74, 6) is 3.64. The summed E-state index contributed by atoms with van der Waals surface area (Å²) < 4.78 is 0. The highest BCUT2D eigenvalue weighted by molar-refractivity contribution is 6.18. The zero-order chi connectivity index (χ0) is 8.06. The second-order valence-corrected chi connectivity index (χ2v) is 5.16. The van der Waals surface area contributed by atoms with Gasteiger partial charge >= 0.3 is 0 Å². The van der Waals surface area contributed by atoms with Crippen LogP contribution < -0.4 is 0 Å². The third-order valence-electron chi connectivity index (χ3n) is 4.22. The highest BCUT2D eigenvalue weighted by Gasteiger charge is 2.51. The largest absolute Gasteiger partial charge is 0.126 e. The molecule has 0 aromatic carbocycles. The van der Waals surface area contributed by atoms with Gasteiger partial charge in [-0.25, -0.2) is 0 Å². The average molecular weight is 173 g/mol. The van der Waals surface area contributed by atoms with Crippen molar-refractivity contribution in [3.05, 3.63) is 0 Å². The number of halogens is 1. The molecule has 3 atom stereocenters. The molecule has 0 N–H and O–H groups in total. The molecule has 0 radical (unpaired) electrons. The number of alkyl halides is 1. The molecule has 0 aromatic heterocycles. The molecule has 2 saturated carbocycles. The van der Waals surface area contributed by atoms with E-state index >= 15 is 0 Å². The summed E-state index contributed by atoms with van der Waals surface area (Å²) in [4.78, 5) is 0. The maximum absolute atomic E-state index is 5.99. The fourth-order valence-electron chi connectivity index (χ4n) is 3.29. The molecule has 2 bridgehead atoms. The predicted octanol–water partition coefficient (Wildman–Crippen LogP) is 3.30. The Labute approximate surface area is 74.3 Å². The first-order valence-electron chi connectivity index (χ1n) is 4.72. The Morgan fingerprint density at radius 1 is 1.36 bits per heavy atom. The minimum Gasteiger partial charge on any atom is -0.126 e. The Morgan fingerprint density at radius 2 is 2.09 bits per heavy atom. The molecule has 1 heteroatoms. The van der Waals surface area contributed by atoms with E-state index in [1.54, 1.807) is 0 Å². The van der Waals surface area contributed by atoms with Gasteiger partial charge < -0.3 is 0 Å². The monoisotopic (exact) mass is 172 g/mol. The SMILES string of the molecule is CC1(C)C2CCC(C2)C1CCl. The van der Waals surface area contributed by atoms with Crippen molar-refractivity contribution in [2.75, 3.05) is 5.88 Å². The van der Waals surface area contributed by atoms with Crippen LogP contribution in [0.25, 0.3) is 0 Å². The average Bonchev–Trinajstić information content (AvgIpc) is 2.44. The first-order valence-corrected chi connectivity index (χ1v) is 5.25. The topological polar surface area (TPSA) is 0 Å². The molecule has 3 unspecified atom stereocenters. The minimum atomic E-state index is 0.546. The molecule has 2 rings (SSSR count). The summed E-state index contributed by atoms with van der Waals surface area (Å²) in [6.07, 6.45) is 4.38. The van der Waals surface area contributed by atoms with E-state index in [0.717, 1.165) is 23.6 Å². The molecule has 11 heavy (non-hydrogen) atoms. The van der Waals surface area contributed by atoms with Gasteiger partial charge in [0.1, 0.15) is 0 Å². The van der Waals surface area contributed by atoms with Crippen LogP contribution in [0.4, 0.5) is 0 Å². The third kappa shape index (κ3) is 0.950. The van der Waals surface area contributed by atoms with Gasteiger partial charge in [-0.2, -0.15) is 0 Å². The summed E-state index contributed by atoms with van der Waals surface area (Å²) in [5.41, 5.74) is 0.546. The molecule has 0 aromatic rings. The van der Waals surface area contributed by atoms with Gasteiger partial charge in [0, 0.05) is 5.88 Å². The smallest absolute Gasteiger partial charge is 0.0259 e. The van der Waals surface area contributed by atoms with Crippen LogP contribution in [0.15, 0.2) is 0 Å². The molecule has 64 valence electrons. The second-order valence-electron chi connectivity index (χ2n) is 4.85. The summed E-state index contributed by atoms with van der Waals surface area (Å²) in [5, 5.41) is 0. The van der Waals surface area contributed by atoms with Gasteiger partial charge in [-0.3, -0.25) is 0 Å². The Kier molecular flexibility index (Phi) is 1.72. The van der Waals surface area contributed by atoms with Gasteiger partial charge in [0.15, 0.2) is 0 Å². The normalized spacial score (nSPS) is 46.6. The fourth-order valence-corrected chi connectivity index (χ4v) is 3.94. The Morgan fingerprint density at radius 3 is 2.45 bits per heavy atom. The first-order chi connectivity index (χ1) is 5.16. The lowest BCUT2D eigenvalue weighted by Gasteiger charge is -2.37. The van der Waals surface area contributed by atoms with E-state index < -0.39 is 0 Å². The summed E-state index contributed by atoms with van der Waals surface area (Å²) >= 11 is 5.99. The summed E-state index contributed by atoms with van der Waals surface area (Å²) in [6, 6.07) is 0. The van der Waals surface area contributed by atoms with Crippen molar-refractivity contribution in [1.29, 1.82) is 0 Å². The maximum Gasteiger partial charge on any atom is 0.0259 e. The zero-order valence-electron chi connectivity index (χ0n) is 7.44.